The Bertz CT molecular complexity index is 1080. The largest absolute Gasteiger partial charge is 0.491 e. The average Bonchev–Trinajstić information content (AvgIpc) is 3.23. The number of benzene rings is 1. The summed E-state index contributed by atoms with van der Waals surface area (Å²) in [4.78, 5) is 18.7. The molecule has 2 N–H and O–H groups in total. The van der Waals surface area contributed by atoms with Crippen LogP contribution in [0.3, 0.4) is 0 Å². The number of carbonyl (C=O) groups excluding carboxylic acids is 1. The Kier molecular flexibility index (Phi) is 7.74. The predicted octanol–water partition coefficient (Wildman–Crippen LogP) is 1.85. The maximum Gasteiger partial charge on any atom is 0.317 e. The van der Waals surface area contributed by atoms with Crippen LogP contribution >= 0.6 is 0 Å². The Morgan fingerprint density at radius 2 is 1.97 bits per heavy atom. The van der Waals surface area contributed by atoms with Gasteiger partial charge < -0.3 is 29.7 Å². The van der Waals surface area contributed by atoms with E-state index in [0.29, 0.717) is 64.1 Å². The Morgan fingerprint density at radius 1 is 1.15 bits per heavy atom. The summed E-state index contributed by atoms with van der Waals surface area (Å²) in [6.45, 7) is 6.76. The van der Waals surface area contributed by atoms with Crippen LogP contribution in [-0.4, -0.2) is 90.2 Å². The van der Waals surface area contributed by atoms with Crippen LogP contribution in [0.15, 0.2) is 18.2 Å². The van der Waals surface area contributed by atoms with Gasteiger partial charge in [-0.2, -0.15) is 0 Å². The van der Waals surface area contributed by atoms with Crippen molar-refractivity contribution in [2.45, 2.75) is 19.8 Å². The number of aryl methyl sites for hydroxylation is 1. The number of morpholine rings is 1. The van der Waals surface area contributed by atoms with Gasteiger partial charge in [-0.25, -0.2) is 9.78 Å². The van der Waals surface area contributed by atoms with E-state index in [1.807, 2.05) is 29.5 Å². The first kappa shape index (κ1) is 23.0. The lowest BCUT2D eigenvalue weighted by Crippen LogP contribution is -2.46. The molecule has 11 nitrogen and oxygen atoms in total. The van der Waals surface area contributed by atoms with Crippen LogP contribution in [0, 0.1) is 6.92 Å². The molecule has 2 aromatic heterocycles. The number of carbonyl (C=O) groups is 1. The molecular formula is C22H31N7O4. The minimum atomic E-state index is -0.0216. The second-order valence-electron chi connectivity index (χ2n) is 7.82. The number of hydrogen-bond acceptors (Lipinski definition) is 8. The lowest BCUT2D eigenvalue weighted by molar-refractivity contribution is 0.0532. The third-order valence-corrected chi connectivity index (χ3v) is 5.48. The zero-order valence-electron chi connectivity index (χ0n) is 19.2. The summed E-state index contributed by atoms with van der Waals surface area (Å²) in [5, 5.41) is 14.9. The molecule has 0 saturated carbocycles. The predicted molar refractivity (Wildman–Crippen MR) is 124 cm³/mol. The van der Waals surface area contributed by atoms with Crippen LogP contribution in [0.2, 0.25) is 0 Å². The number of methoxy groups -OCH3 is 1. The van der Waals surface area contributed by atoms with Crippen molar-refractivity contribution < 1.29 is 19.0 Å². The number of rotatable bonds is 10. The van der Waals surface area contributed by atoms with E-state index in [1.54, 1.807) is 12.0 Å². The van der Waals surface area contributed by atoms with Crippen molar-refractivity contribution in [3.63, 3.8) is 0 Å². The minimum Gasteiger partial charge on any atom is -0.491 e. The highest BCUT2D eigenvalue weighted by Gasteiger charge is 2.16. The van der Waals surface area contributed by atoms with Crippen LogP contribution in [0.1, 0.15) is 18.7 Å². The number of unbranched alkanes of at least 4 members (excludes halogenated alkanes) is 1. The molecule has 4 rings (SSSR count). The number of fused-ring (bicyclic) bond motifs is 3. The molecule has 3 aromatic rings. The fourth-order valence-electron chi connectivity index (χ4n) is 3.74. The van der Waals surface area contributed by atoms with Gasteiger partial charge in [0.05, 0.1) is 30.9 Å². The zero-order chi connectivity index (χ0) is 23.0. The summed E-state index contributed by atoms with van der Waals surface area (Å²) in [7, 11) is 1.65. The van der Waals surface area contributed by atoms with Crippen LogP contribution in [0.5, 0.6) is 5.75 Å². The van der Waals surface area contributed by atoms with Gasteiger partial charge in [0.2, 0.25) is 5.65 Å². The molecule has 2 amide bonds. The van der Waals surface area contributed by atoms with Gasteiger partial charge in [0.1, 0.15) is 18.2 Å². The molecule has 11 heteroatoms. The van der Waals surface area contributed by atoms with E-state index in [-0.39, 0.29) is 6.03 Å². The summed E-state index contributed by atoms with van der Waals surface area (Å²) in [5.74, 6) is 2.20. The third-order valence-electron chi connectivity index (χ3n) is 5.48. The zero-order valence-corrected chi connectivity index (χ0v) is 19.2. The quantitative estimate of drug-likeness (QED) is 0.443. The van der Waals surface area contributed by atoms with Crippen molar-refractivity contribution in [3.8, 4) is 5.75 Å². The van der Waals surface area contributed by atoms with Gasteiger partial charge in [-0.3, -0.25) is 4.40 Å². The van der Waals surface area contributed by atoms with Crippen LogP contribution in [0.25, 0.3) is 16.7 Å². The number of aromatic nitrogens is 4. The molecule has 1 aromatic carbocycles. The number of ether oxygens (including phenoxy) is 3. The van der Waals surface area contributed by atoms with E-state index in [2.05, 4.69) is 20.8 Å². The smallest absolute Gasteiger partial charge is 0.317 e. The number of nitrogens with zero attached hydrogens (tertiary/aromatic N) is 5. The molecule has 0 aliphatic carbocycles. The second-order valence-corrected chi connectivity index (χ2v) is 7.82. The molecule has 0 spiro atoms. The van der Waals surface area contributed by atoms with Crippen LogP contribution < -0.4 is 15.4 Å². The van der Waals surface area contributed by atoms with Gasteiger partial charge in [-0.15, -0.1) is 10.2 Å². The molecule has 1 saturated heterocycles. The van der Waals surface area contributed by atoms with Gasteiger partial charge in [0.15, 0.2) is 5.82 Å². The monoisotopic (exact) mass is 457 g/mol. The molecule has 178 valence electrons. The first-order valence-corrected chi connectivity index (χ1v) is 11.3. The van der Waals surface area contributed by atoms with E-state index in [4.69, 9.17) is 19.2 Å². The van der Waals surface area contributed by atoms with Crippen molar-refractivity contribution in [1.29, 1.82) is 0 Å². The van der Waals surface area contributed by atoms with Crippen LogP contribution in [-0.2, 0) is 9.47 Å². The summed E-state index contributed by atoms with van der Waals surface area (Å²) in [6.07, 6.45) is 1.73. The molecule has 0 unspecified atom stereocenters. The van der Waals surface area contributed by atoms with Gasteiger partial charge in [-0.05, 0) is 31.9 Å². The first-order valence-electron chi connectivity index (χ1n) is 11.3. The highest BCUT2D eigenvalue weighted by atomic mass is 16.5. The minimum absolute atomic E-state index is 0.0216. The van der Waals surface area contributed by atoms with Crippen LogP contribution in [0.4, 0.5) is 10.6 Å². The molecule has 1 aliphatic rings. The fourth-order valence-corrected chi connectivity index (χ4v) is 3.74. The summed E-state index contributed by atoms with van der Waals surface area (Å²) >= 11 is 0. The van der Waals surface area contributed by atoms with Gasteiger partial charge >= 0.3 is 6.03 Å². The van der Waals surface area contributed by atoms with E-state index >= 15 is 0 Å². The fraction of sp³-hybridized carbons (Fsp3) is 0.545. The highest BCUT2D eigenvalue weighted by Crippen LogP contribution is 2.25. The lowest BCUT2D eigenvalue weighted by atomic mass is 10.2. The molecule has 33 heavy (non-hydrogen) atoms. The SMILES string of the molecule is COCCOc1ccc2c(c1)nc(NCCCCNC(=O)N1CCOCC1)c1nnc(C)n12. The van der Waals surface area contributed by atoms with Crippen molar-refractivity contribution in [3.05, 3.63) is 24.0 Å². The summed E-state index contributed by atoms with van der Waals surface area (Å²) in [6, 6.07) is 5.77. The Balaban J connectivity index is 1.35. The molecule has 0 bridgehead atoms. The first-order chi connectivity index (χ1) is 16.2. The van der Waals surface area contributed by atoms with Gasteiger partial charge in [-0.1, -0.05) is 0 Å². The molecule has 1 fully saturated rings. The lowest BCUT2D eigenvalue weighted by Gasteiger charge is -2.26. The van der Waals surface area contributed by atoms with E-state index < -0.39 is 0 Å². The van der Waals surface area contributed by atoms with Gasteiger partial charge in [0, 0.05) is 39.4 Å². The molecule has 3 heterocycles. The maximum absolute atomic E-state index is 12.1. The molecule has 0 atom stereocenters. The summed E-state index contributed by atoms with van der Waals surface area (Å²) in [5.41, 5.74) is 2.40. The molecular weight excluding hydrogens is 426 g/mol. The maximum atomic E-state index is 12.1. The highest BCUT2D eigenvalue weighted by molar-refractivity contribution is 5.84. The van der Waals surface area contributed by atoms with E-state index in [1.165, 1.54) is 0 Å². The Hall–Kier alpha value is -3.18. The van der Waals surface area contributed by atoms with E-state index in [0.717, 1.165) is 35.4 Å². The Morgan fingerprint density at radius 3 is 2.79 bits per heavy atom. The molecule has 1 aliphatic heterocycles. The van der Waals surface area contributed by atoms with Crippen molar-refractivity contribution in [1.82, 2.24) is 29.8 Å². The number of hydrogen-bond donors (Lipinski definition) is 2. The van der Waals surface area contributed by atoms with Crippen molar-refractivity contribution >= 4 is 28.5 Å². The second kappa shape index (κ2) is 11.1. The van der Waals surface area contributed by atoms with Gasteiger partial charge in [0.25, 0.3) is 0 Å². The number of nitrogens with one attached hydrogen (secondary N) is 2. The number of urea groups is 1. The van der Waals surface area contributed by atoms with E-state index in [9.17, 15) is 4.79 Å². The van der Waals surface area contributed by atoms with Crippen molar-refractivity contribution in [2.24, 2.45) is 0 Å². The average molecular weight is 458 g/mol. The summed E-state index contributed by atoms with van der Waals surface area (Å²) < 4.78 is 18.1. The standard InChI is InChI=1S/C22H31N7O4/c1-16-26-27-21-20(23-7-3-4-8-24-22(30)28-9-11-32-12-10-28)25-18-15-17(33-14-13-31-2)5-6-19(18)29(16)21/h5-6,15H,3-4,7-14H2,1-2H3,(H,23,25)(H,24,30). The Labute approximate surface area is 192 Å². The number of anilines is 1. The third kappa shape index (κ3) is 5.60. The normalized spacial score (nSPS) is 14.1. The topological polar surface area (TPSA) is 115 Å². The van der Waals surface area contributed by atoms with Crippen molar-refractivity contribution in [2.75, 3.05) is 65.0 Å². The molecule has 0 radical (unpaired) electrons. The number of amides is 2.